The van der Waals surface area contributed by atoms with Crippen molar-refractivity contribution in [2.75, 3.05) is 0 Å². The Balaban J connectivity index is 1.52. The molecule has 0 spiro atoms. The van der Waals surface area contributed by atoms with Crippen molar-refractivity contribution in [3.63, 3.8) is 0 Å². The van der Waals surface area contributed by atoms with Crippen molar-refractivity contribution in [2.45, 2.75) is 104 Å². The first kappa shape index (κ1) is 28.3. The maximum atomic E-state index is 13.0. The van der Waals surface area contributed by atoms with Gasteiger partial charge in [0.25, 0.3) is 0 Å². The van der Waals surface area contributed by atoms with Crippen LogP contribution in [0.5, 0.6) is 0 Å². The lowest BCUT2D eigenvalue weighted by Crippen LogP contribution is -2.10. The lowest BCUT2D eigenvalue weighted by atomic mass is 9.89. The molecule has 0 atom stereocenters. The quantitative estimate of drug-likeness (QED) is 0.168. The van der Waals surface area contributed by atoms with Crippen molar-refractivity contribution in [2.24, 2.45) is 0 Å². The molecule has 0 saturated heterocycles. The van der Waals surface area contributed by atoms with Gasteiger partial charge in [-0.25, -0.2) is 0 Å². The zero-order chi connectivity index (χ0) is 25.6. The highest BCUT2D eigenvalue weighted by atomic mass is 32.1. The molecule has 0 fully saturated rings. The molecule has 1 aliphatic carbocycles. The SMILES string of the molecule is CCCCCCCCc1ccc(C2=CC(=S)C(c3ccc(CCCCCCCC)cc3)=CC2=O)cc1. The smallest absolute Gasteiger partial charge is 0.187 e. The molecule has 1 aliphatic rings. The van der Waals surface area contributed by atoms with Crippen molar-refractivity contribution < 1.29 is 4.79 Å². The Hall–Kier alpha value is -2.32. The highest BCUT2D eigenvalue weighted by molar-refractivity contribution is 7.81. The number of carbonyl (C=O) groups is 1. The Labute approximate surface area is 225 Å². The van der Waals surface area contributed by atoms with E-state index in [9.17, 15) is 4.79 Å². The monoisotopic (exact) mass is 500 g/mol. The summed E-state index contributed by atoms with van der Waals surface area (Å²) in [5.41, 5.74) is 6.26. The molecule has 0 bridgehead atoms. The van der Waals surface area contributed by atoms with Crippen LogP contribution in [0.4, 0.5) is 0 Å². The fourth-order valence-corrected chi connectivity index (χ4v) is 5.23. The number of hydrogen-bond donors (Lipinski definition) is 0. The van der Waals surface area contributed by atoms with Crippen LogP contribution < -0.4 is 0 Å². The molecule has 0 saturated carbocycles. The van der Waals surface area contributed by atoms with Crippen molar-refractivity contribution in [3.05, 3.63) is 82.9 Å². The summed E-state index contributed by atoms with van der Waals surface area (Å²) in [4.78, 5) is 13.8. The highest BCUT2D eigenvalue weighted by Gasteiger charge is 2.20. The number of unbranched alkanes of at least 4 members (excludes halogenated alkanes) is 10. The van der Waals surface area contributed by atoms with Gasteiger partial charge in [0.2, 0.25) is 0 Å². The van der Waals surface area contributed by atoms with Gasteiger partial charge in [-0.1, -0.05) is 139 Å². The van der Waals surface area contributed by atoms with E-state index < -0.39 is 0 Å². The normalized spacial score (nSPS) is 13.6. The van der Waals surface area contributed by atoms with E-state index in [4.69, 9.17) is 12.2 Å². The molecule has 1 nitrogen and oxygen atoms in total. The average molecular weight is 501 g/mol. The fourth-order valence-electron chi connectivity index (χ4n) is 4.93. The molecule has 0 aliphatic heterocycles. The number of hydrogen-bond acceptors (Lipinski definition) is 2. The van der Waals surface area contributed by atoms with Crippen molar-refractivity contribution in [3.8, 4) is 0 Å². The molecule has 2 heteroatoms. The van der Waals surface area contributed by atoms with E-state index >= 15 is 0 Å². The third-order valence-electron chi connectivity index (χ3n) is 7.25. The minimum Gasteiger partial charge on any atom is -0.289 e. The molecule has 0 amide bonds. The molecular formula is C34H44OS. The number of benzene rings is 2. The summed E-state index contributed by atoms with van der Waals surface area (Å²) in [6, 6.07) is 17.1. The Kier molecular flexibility index (Phi) is 12.3. The zero-order valence-corrected chi connectivity index (χ0v) is 23.3. The van der Waals surface area contributed by atoms with Crippen LogP contribution in [0.3, 0.4) is 0 Å². The van der Waals surface area contributed by atoms with Crippen molar-refractivity contribution in [1.82, 2.24) is 0 Å². The zero-order valence-electron chi connectivity index (χ0n) is 22.5. The maximum Gasteiger partial charge on any atom is 0.187 e. The van der Waals surface area contributed by atoms with Crippen molar-refractivity contribution in [1.29, 1.82) is 0 Å². The van der Waals surface area contributed by atoms with Crippen LogP contribution in [0, 0.1) is 0 Å². The van der Waals surface area contributed by atoms with Gasteiger partial charge >= 0.3 is 0 Å². The van der Waals surface area contributed by atoms with Gasteiger partial charge in [0, 0.05) is 16.0 Å². The molecule has 3 rings (SSSR count). The lowest BCUT2D eigenvalue weighted by Gasteiger charge is -2.15. The summed E-state index contributed by atoms with van der Waals surface area (Å²) < 4.78 is 0. The van der Waals surface area contributed by atoms with Gasteiger partial charge in [-0.05, 0) is 60.1 Å². The van der Waals surface area contributed by atoms with E-state index in [1.165, 1.54) is 88.2 Å². The first-order valence-corrected chi connectivity index (χ1v) is 14.7. The summed E-state index contributed by atoms with van der Waals surface area (Å²) >= 11 is 5.72. The van der Waals surface area contributed by atoms with Crippen LogP contribution in [-0.4, -0.2) is 10.6 Å². The maximum absolute atomic E-state index is 13.0. The summed E-state index contributed by atoms with van der Waals surface area (Å²) in [6.45, 7) is 4.51. The topological polar surface area (TPSA) is 17.1 Å². The highest BCUT2D eigenvalue weighted by Crippen LogP contribution is 2.28. The largest absolute Gasteiger partial charge is 0.289 e. The molecule has 0 heterocycles. The molecule has 0 N–H and O–H groups in total. The van der Waals surface area contributed by atoms with Crippen LogP contribution >= 0.6 is 12.2 Å². The van der Waals surface area contributed by atoms with Crippen LogP contribution in [0.1, 0.15) is 113 Å². The third-order valence-corrected chi connectivity index (χ3v) is 7.59. The standard InChI is InChI=1S/C34H44OS/c1-3-5-7-9-11-13-15-27-17-21-29(22-18-27)31-26-34(36)32(25-33(31)35)30-23-19-28(20-24-30)16-14-12-10-8-6-4-2/h17-26H,3-16H2,1-2H3. The van der Waals surface area contributed by atoms with E-state index in [0.29, 0.717) is 5.57 Å². The van der Waals surface area contributed by atoms with E-state index in [0.717, 1.165) is 34.4 Å². The van der Waals surface area contributed by atoms with Crippen molar-refractivity contribution >= 4 is 34.0 Å². The second-order valence-electron chi connectivity index (χ2n) is 10.3. The Morgan fingerprint density at radius 2 is 0.944 bits per heavy atom. The second kappa shape index (κ2) is 15.7. The number of rotatable bonds is 16. The number of carbonyl (C=O) groups excluding carboxylic acids is 1. The minimum absolute atomic E-state index is 0.0402. The average Bonchev–Trinajstić information content (AvgIpc) is 2.90. The molecule has 2 aromatic rings. The number of thiocarbonyl (C=S) groups is 1. The predicted octanol–water partition coefficient (Wildman–Crippen LogP) is 9.91. The summed E-state index contributed by atoms with van der Waals surface area (Å²) in [7, 11) is 0. The Bertz CT molecular complexity index is 938. The molecule has 36 heavy (non-hydrogen) atoms. The van der Waals surface area contributed by atoms with Gasteiger partial charge in [-0.2, -0.15) is 0 Å². The van der Waals surface area contributed by atoms with E-state index in [1.54, 1.807) is 6.08 Å². The Morgan fingerprint density at radius 1 is 0.528 bits per heavy atom. The van der Waals surface area contributed by atoms with Crippen LogP contribution in [0.25, 0.3) is 11.1 Å². The van der Waals surface area contributed by atoms with Crippen LogP contribution in [0.15, 0.2) is 60.7 Å². The van der Waals surface area contributed by atoms with E-state index in [2.05, 4.69) is 62.4 Å². The van der Waals surface area contributed by atoms with E-state index in [-0.39, 0.29) is 5.78 Å². The molecular weight excluding hydrogens is 456 g/mol. The Morgan fingerprint density at radius 3 is 1.42 bits per heavy atom. The summed E-state index contributed by atoms with van der Waals surface area (Å²) in [5, 5.41) is 0. The van der Waals surface area contributed by atoms with Gasteiger partial charge in [-0.15, -0.1) is 0 Å². The van der Waals surface area contributed by atoms with Gasteiger partial charge in [0.05, 0.1) is 0 Å². The number of ketones is 1. The van der Waals surface area contributed by atoms with Gasteiger partial charge in [0.15, 0.2) is 5.78 Å². The van der Waals surface area contributed by atoms with E-state index in [1.807, 2.05) is 6.08 Å². The summed E-state index contributed by atoms with van der Waals surface area (Å²) in [6.07, 6.45) is 21.6. The summed E-state index contributed by atoms with van der Waals surface area (Å²) in [5.74, 6) is 0.0402. The predicted molar refractivity (Wildman–Crippen MR) is 161 cm³/mol. The lowest BCUT2D eigenvalue weighted by molar-refractivity contribution is -0.109. The molecule has 0 unspecified atom stereocenters. The molecule has 2 aromatic carbocycles. The fraction of sp³-hybridized carbons (Fsp3) is 0.471. The van der Waals surface area contributed by atoms with Gasteiger partial charge < -0.3 is 0 Å². The molecule has 0 radical (unpaired) electrons. The van der Waals surface area contributed by atoms with Gasteiger partial charge in [-0.3, -0.25) is 4.79 Å². The molecule has 192 valence electrons. The first-order valence-electron chi connectivity index (χ1n) is 14.3. The van der Waals surface area contributed by atoms with Crippen LogP contribution in [-0.2, 0) is 17.6 Å². The number of aryl methyl sites for hydroxylation is 2. The first-order chi connectivity index (χ1) is 17.6. The minimum atomic E-state index is 0.0402. The number of allylic oxidation sites excluding steroid dienone is 4. The second-order valence-corrected chi connectivity index (χ2v) is 10.7. The van der Waals surface area contributed by atoms with Crippen LogP contribution in [0.2, 0.25) is 0 Å². The van der Waals surface area contributed by atoms with Gasteiger partial charge in [0.1, 0.15) is 0 Å². The third kappa shape index (κ3) is 8.96. The molecule has 0 aromatic heterocycles.